The zero-order chi connectivity index (χ0) is 12.5. The van der Waals surface area contributed by atoms with Crippen molar-refractivity contribution in [2.75, 3.05) is 25.0 Å². The van der Waals surface area contributed by atoms with Crippen LogP contribution in [-0.4, -0.2) is 35.7 Å². The molecule has 0 bridgehead atoms. The van der Waals surface area contributed by atoms with Crippen LogP contribution < -0.4 is 15.4 Å². The van der Waals surface area contributed by atoms with Gasteiger partial charge in [0, 0.05) is 30.9 Å². The molecular weight excluding hydrogens is 228 g/mol. The normalized spacial score (nSPS) is 28.9. The number of ether oxygens (including phenoxy) is 1. The molecule has 2 aliphatic rings. The SMILES string of the molecule is CCCOc1cc(C)nc(NC2C3CNCC32)n1. The molecule has 1 aliphatic carbocycles. The molecule has 98 valence electrons. The van der Waals surface area contributed by atoms with Gasteiger partial charge in [0.2, 0.25) is 11.8 Å². The molecule has 0 amide bonds. The van der Waals surface area contributed by atoms with Crippen LogP contribution in [0.1, 0.15) is 19.0 Å². The average Bonchev–Trinajstić information content (AvgIpc) is 2.79. The molecule has 1 aromatic heterocycles. The zero-order valence-corrected chi connectivity index (χ0v) is 10.9. The van der Waals surface area contributed by atoms with Crippen molar-refractivity contribution in [3.05, 3.63) is 11.8 Å². The van der Waals surface area contributed by atoms with Gasteiger partial charge in [-0.2, -0.15) is 4.98 Å². The molecule has 0 aromatic carbocycles. The maximum Gasteiger partial charge on any atom is 0.226 e. The van der Waals surface area contributed by atoms with Crippen LogP contribution in [0.2, 0.25) is 0 Å². The number of anilines is 1. The highest BCUT2D eigenvalue weighted by molar-refractivity contribution is 5.36. The van der Waals surface area contributed by atoms with E-state index < -0.39 is 0 Å². The second-order valence-electron chi connectivity index (χ2n) is 5.18. The largest absolute Gasteiger partial charge is 0.478 e. The van der Waals surface area contributed by atoms with E-state index in [0.717, 1.165) is 37.0 Å². The van der Waals surface area contributed by atoms with Crippen molar-refractivity contribution in [2.45, 2.75) is 26.3 Å². The number of nitrogens with one attached hydrogen (secondary N) is 2. The summed E-state index contributed by atoms with van der Waals surface area (Å²) in [6.07, 6.45) is 0.990. The standard InChI is InChI=1S/C13H20N4O/c1-3-4-18-11-5-8(2)15-13(16-11)17-12-9-6-14-7-10(9)12/h5,9-10,12,14H,3-4,6-7H2,1-2H3,(H,15,16,17). The lowest BCUT2D eigenvalue weighted by Gasteiger charge is -2.10. The third-order valence-corrected chi connectivity index (χ3v) is 3.67. The zero-order valence-electron chi connectivity index (χ0n) is 10.9. The van der Waals surface area contributed by atoms with Gasteiger partial charge >= 0.3 is 0 Å². The molecule has 5 heteroatoms. The summed E-state index contributed by atoms with van der Waals surface area (Å²) in [5.74, 6) is 2.90. The Morgan fingerprint density at radius 3 is 2.89 bits per heavy atom. The van der Waals surface area contributed by atoms with E-state index >= 15 is 0 Å². The van der Waals surface area contributed by atoms with Gasteiger partial charge in [-0.25, -0.2) is 4.98 Å². The van der Waals surface area contributed by atoms with Gasteiger partial charge in [0.05, 0.1) is 6.61 Å². The number of aryl methyl sites for hydroxylation is 1. The van der Waals surface area contributed by atoms with Crippen LogP contribution in [0.4, 0.5) is 5.95 Å². The summed E-state index contributed by atoms with van der Waals surface area (Å²) in [4.78, 5) is 8.84. The minimum Gasteiger partial charge on any atom is -0.478 e. The Labute approximate surface area is 107 Å². The molecule has 3 rings (SSSR count). The van der Waals surface area contributed by atoms with E-state index in [4.69, 9.17) is 4.74 Å². The molecule has 2 atom stereocenters. The number of aromatic nitrogens is 2. The Kier molecular flexibility index (Phi) is 3.07. The van der Waals surface area contributed by atoms with Gasteiger partial charge in [-0.3, -0.25) is 0 Å². The molecule has 1 aliphatic heterocycles. The van der Waals surface area contributed by atoms with Crippen molar-refractivity contribution in [3.8, 4) is 5.88 Å². The third kappa shape index (κ3) is 2.27. The van der Waals surface area contributed by atoms with Crippen molar-refractivity contribution in [1.29, 1.82) is 0 Å². The molecule has 2 fully saturated rings. The lowest BCUT2D eigenvalue weighted by Crippen LogP contribution is -2.22. The van der Waals surface area contributed by atoms with Gasteiger partial charge in [0.25, 0.3) is 0 Å². The number of hydrogen-bond acceptors (Lipinski definition) is 5. The van der Waals surface area contributed by atoms with Crippen LogP contribution in [0.3, 0.4) is 0 Å². The van der Waals surface area contributed by atoms with Gasteiger partial charge < -0.3 is 15.4 Å². The molecule has 0 radical (unpaired) electrons. The molecule has 2 heterocycles. The Hall–Kier alpha value is -1.36. The summed E-state index contributed by atoms with van der Waals surface area (Å²) < 4.78 is 5.57. The molecular formula is C13H20N4O. The van der Waals surface area contributed by atoms with Gasteiger partial charge in [-0.15, -0.1) is 0 Å². The van der Waals surface area contributed by atoms with Crippen molar-refractivity contribution in [3.63, 3.8) is 0 Å². The van der Waals surface area contributed by atoms with Crippen LogP contribution in [-0.2, 0) is 0 Å². The van der Waals surface area contributed by atoms with Crippen LogP contribution in [0.25, 0.3) is 0 Å². The molecule has 1 saturated carbocycles. The van der Waals surface area contributed by atoms with Crippen molar-refractivity contribution in [2.24, 2.45) is 11.8 Å². The maximum atomic E-state index is 5.57. The Morgan fingerprint density at radius 1 is 1.39 bits per heavy atom. The number of nitrogens with zero attached hydrogens (tertiary/aromatic N) is 2. The van der Waals surface area contributed by atoms with E-state index in [1.54, 1.807) is 0 Å². The van der Waals surface area contributed by atoms with Gasteiger partial charge in [-0.05, 0) is 25.2 Å². The quantitative estimate of drug-likeness (QED) is 0.820. The fourth-order valence-electron chi connectivity index (χ4n) is 2.67. The molecule has 1 aromatic rings. The van der Waals surface area contributed by atoms with Crippen LogP contribution in [0.15, 0.2) is 6.07 Å². The number of rotatable bonds is 5. The Morgan fingerprint density at radius 2 is 2.17 bits per heavy atom. The second kappa shape index (κ2) is 4.72. The highest BCUT2D eigenvalue weighted by Crippen LogP contribution is 2.43. The highest BCUT2D eigenvalue weighted by atomic mass is 16.5. The molecule has 18 heavy (non-hydrogen) atoms. The predicted octanol–water partition coefficient (Wildman–Crippen LogP) is 1.20. The van der Waals surface area contributed by atoms with Crippen LogP contribution in [0.5, 0.6) is 5.88 Å². The summed E-state index contributed by atoms with van der Waals surface area (Å²) in [5.41, 5.74) is 0.947. The fourth-order valence-corrected chi connectivity index (χ4v) is 2.67. The van der Waals surface area contributed by atoms with E-state index in [-0.39, 0.29) is 0 Å². The highest BCUT2D eigenvalue weighted by Gasteiger charge is 2.53. The molecule has 2 unspecified atom stereocenters. The molecule has 2 N–H and O–H groups in total. The summed E-state index contributed by atoms with van der Waals surface area (Å²) >= 11 is 0. The average molecular weight is 248 g/mol. The monoisotopic (exact) mass is 248 g/mol. The molecule has 5 nitrogen and oxygen atoms in total. The van der Waals surface area contributed by atoms with Crippen LogP contribution >= 0.6 is 0 Å². The van der Waals surface area contributed by atoms with Crippen molar-refractivity contribution < 1.29 is 4.74 Å². The smallest absolute Gasteiger partial charge is 0.226 e. The summed E-state index contributed by atoms with van der Waals surface area (Å²) in [5, 5.41) is 6.82. The first-order valence-electron chi connectivity index (χ1n) is 6.73. The van der Waals surface area contributed by atoms with Crippen LogP contribution in [0, 0.1) is 18.8 Å². The lowest BCUT2D eigenvalue weighted by molar-refractivity contribution is 0.305. The first kappa shape index (κ1) is 11.7. The lowest BCUT2D eigenvalue weighted by atomic mass is 10.4. The summed E-state index contributed by atoms with van der Waals surface area (Å²) in [6.45, 7) is 7.00. The minimum absolute atomic E-state index is 0.548. The Balaban J connectivity index is 1.66. The first-order chi connectivity index (χ1) is 8.78. The molecule has 1 saturated heterocycles. The third-order valence-electron chi connectivity index (χ3n) is 3.67. The van der Waals surface area contributed by atoms with Gasteiger partial charge in [0.15, 0.2) is 0 Å². The first-order valence-corrected chi connectivity index (χ1v) is 6.73. The fraction of sp³-hybridized carbons (Fsp3) is 0.692. The number of piperidine rings is 1. The van der Waals surface area contributed by atoms with Crippen molar-refractivity contribution >= 4 is 5.95 Å². The predicted molar refractivity (Wildman–Crippen MR) is 69.8 cm³/mol. The summed E-state index contributed by atoms with van der Waals surface area (Å²) in [6, 6.07) is 2.43. The minimum atomic E-state index is 0.548. The van der Waals surface area contributed by atoms with Gasteiger partial charge in [0.1, 0.15) is 0 Å². The van der Waals surface area contributed by atoms with Crippen molar-refractivity contribution in [1.82, 2.24) is 15.3 Å². The van der Waals surface area contributed by atoms with E-state index in [0.29, 0.717) is 24.5 Å². The number of hydrogen-bond donors (Lipinski definition) is 2. The second-order valence-corrected chi connectivity index (χ2v) is 5.18. The topological polar surface area (TPSA) is 59.1 Å². The summed E-state index contributed by atoms with van der Waals surface area (Å²) in [7, 11) is 0. The van der Waals surface area contributed by atoms with E-state index in [1.165, 1.54) is 0 Å². The van der Waals surface area contributed by atoms with E-state index in [2.05, 4.69) is 27.5 Å². The van der Waals surface area contributed by atoms with Gasteiger partial charge in [-0.1, -0.05) is 6.92 Å². The van der Waals surface area contributed by atoms with E-state index in [9.17, 15) is 0 Å². The number of fused-ring (bicyclic) bond motifs is 1. The Bertz CT molecular complexity index is 427. The molecule has 0 spiro atoms. The van der Waals surface area contributed by atoms with E-state index in [1.807, 2.05) is 13.0 Å². The maximum absolute atomic E-state index is 5.57.